The first-order chi connectivity index (χ1) is 8.00. The van der Waals surface area contributed by atoms with Crippen molar-refractivity contribution in [1.29, 1.82) is 0 Å². The van der Waals surface area contributed by atoms with Crippen LogP contribution in [-0.2, 0) is 0 Å². The first-order valence-corrected chi connectivity index (χ1v) is 5.53. The maximum absolute atomic E-state index is 11.7. The van der Waals surface area contributed by atoms with Crippen LogP contribution >= 0.6 is 0 Å². The van der Waals surface area contributed by atoms with Crippen molar-refractivity contribution < 1.29 is 20.1 Å². The lowest BCUT2D eigenvalue weighted by Crippen LogP contribution is -2.47. The average Bonchev–Trinajstić information content (AvgIpc) is 2.27. The van der Waals surface area contributed by atoms with E-state index in [-0.39, 0.29) is 29.5 Å². The van der Waals surface area contributed by atoms with Crippen LogP contribution in [-0.4, -0.2) is 33.4 Å². The van der Waals surface area contributed by atoms with Crippen molar-refractivity contribution >= 4 is 5.91 Å². The predicted molar refractivity (Wildman–Crippen MR) is 60.9 cm³/mol. The van der Waals surface area contributed by atoms with Crippen LogP contribution in [0.15, 0.2) is 18.2 Å². The van der Waals surface area contributed by atoms with E-state index in [1.807, 2.05) is 0 Å². The molecule has 0 bridgehead atoms. The van der Waals surface area contributed by atoms with Crippen molar-refractivity contribution in [3.8, 4) is 11.5 Å². The van der Waals surface area contributed by atoms with E-state index in [0.29, 0.717) is 12.8 Å². The standard InChI is InChI=1S/C12H15NO4/c14-9-3-2-8(6-10(9)15)11(16)13-7-12(17)4-1-5-12/h2-3,6,14-15,17H,1,4-5,7H2,(H,13,16). The molecule has 0 radical (unpaired) electrons. The number of hydrogen-bond acceptors (Lipinski definition) is 4. The van der Waals surface area contributed by atoms with Gasteiger partial charge in [-0.1, -0.05) is 0 Å². The molecular weight excluding hydrogens is 222 g/mol. The topological polar surface area (TPSA) is 89.8 Å². The minimum absolute atomic E-state index is 0.216. The minimum atomic E-state index is -0.769. The van der Waals surface area contributed by atoms with Gasteiger partial charge in [0.15, 0.2) is 11.5 Å². The van der Waals surface area contributed by atoms with Crippen molar-refractivity contribution in [2.24, 2.45) is 0 Å². The smallest absolute Gasteiger partial charge is 0.251 e. The van der Waals surface area contributed by atoms with Crippen LogP contribution in [0, 0.1) is 0 Å². The molecular formula is C12H15NO4. The second-order valence-corrected chi connectivity index (χ2v) is 4.46. The summed E-state index contributed by atoms with van der Waals surface area (Å²) in [7, 11) is 0. The van der Waals surface area contributed by atoms with Gasteiger partial charge < -0.3 is 20.6 Å². The van der Waals surface area contributed by atoms with Crippen LogP contribution in [0.3, 0.4) is 0 Å². The Bertz CT molecular complexity index is 440. The van der Waals surface area contributed by atoms with Gasteiger partial charge in [-0.15, -0.1) is 0 Å². The number of benzene rings is 1. The number of carbonyl (C=O) groups is 1. The molecule has 1 aromatic rings. The molecule has 1 aromatic carbocycles. The molecule has 1 saturated carbocycles. The zero-order valence-corrected chi connectivity index (χ0v) is 9.31. The van der Waals surface area contributed by atoms with Gasteiger partial charge in [-0.2, -0.15) is 0 Å². The van der Waals surface area contributed by atoms with Crippen molar-refractivity contribution in [3.05, 3.63) is 23.8 Å². The molecule has 0 unspecified atom stereocenters. The maximum Gasteiger partial charge on any atom is 0.251 e. The van der Waals surface area contributed by atoms with Gasteiger partial charge in [-0.05, 0) is 37.5 Å². The zero-order valence-electron chi connectivity index (χ0n) is 9.31. The Morgan fingerprint density at radius 1 is 1.29 bits per heavy atom. The van der Waals surface area contributed by atoms with E-state index in [4.69, 9.17) is 5.11 Å². The zero-order chi connectivity index (χ0) is 12.5. The SMILES string of the molecule is O=C(NCC1(O)CCC1)c1ccc(O)c(O)c1. The van der Waals surface area contributed by atoms with Gasteiger partial charge in [0, 0.05) is 12.1 Å². The molecule has 0 saturated heterocycles. The van der Waals surface area contributed by atoms with Crippen LogP contribution in [0.2, 0.25) is 0 Å². The Balaban J connectivity index is 1.97. The summed E-state index contributed by atoms with van der Waals surface area (Å²) in [6.07, 6.45) is 2.38. The molecule has 0 spiro atoms. The van der Waals surface area contributed by atoms with E-state index >= 15 is 0 Å². The van der Waals surface area contributed by atoms with Gasteiger partial charge in [0.25, 0.3) is 5.91 Å². The highest BCUT2D eigenvalue weighted by Gasteiger charge is 2.34. The Morgan fingerprint density at radius 3 is 2.53 bits per heavy atom. The number of nitrogens with one attached hydrogen (secondary N) is 1. The quantitative estimate of drug-likeness (QED) is 0.584. The molecule has 1 aliphatic carbocycles. The summed E-state index contributed by atoms with van der Waals surface area (Å²) in [5.74, 6) is -0.972. The second-order valence-electron chi connectivity index (χ2n) is 4.46. The summed E-state index contributed by atoms with van der Waals surface area (Å²) in [6, 6.07) is 3.85. The van der Waals surface area contributed by atoms with Crippen LogP contribution in [0.5, 0.6) is 11.5 Å². The molecule has 5 heteroatoms. The van der Waals surface area contributed by atoms with Crippen LogP contribution in [0.1, 0.15) is 29.6 Å². The fourth-order valence-electron chi connectivity index (χ4n) is 1.77. The second kappa shape index (κ2) is 4.25. The summed E-state index contributed by atoms with van der Waals surface area (Å²) in [4.78, 5) is 11.7. The Kier molecular flexibility index (Phi) is 2.93. The number of amides is 1. The molecule has 17 heavy (non-hydrogen) atoms. The summed E-state index contributed by atoms with van der Waals surface area (Å²) in [6.45, 7) is 0.216. The number of aromatic hydroxyl groups is 2. The third-order valence-corrected chi connectivity index (χ3v) is 3.10. The van der Waals surface area contributed by atoms with E-state index in [9.17, 15) is 15.0 Å². The molecule has 1 amide bonds. The highest BCUT2D eigenvalue weighted by atomic mass is 16.3. The molecule has 1 fully saturated rings. The molecule has 0 atom stereocenters. The number of carbonyl (C=O) groups excluding carboxylic acids is 1. The molecule has 5 nitrogen and oxygen atoms in total. The molecule has 4 N–H and O–H groups in total. The number of phenols is 2. The lowest BCUT2D eigenvalue weighted by molar-refractivity contribution is -0.0300. The van der Waals surface area contributed by atoms with E-state index < -0.39 is 5.60 Å². The lowest BCUT2D eigenvalue weighted by Gasteiger charge is -2.36. The van der Waals surface area contributed by atoms with E-state index in [0.717, 1.165) is 6.42 Å². The van der Waals surface area contributed by atoms with Crippen LogP contribution < -0.4 is 5.32 Å². The fraction of sp³-hybridized carbons (Fsp3) is 0.417. The van der Waals surface area contributed by atoms with Gasteiger partial charge in [-0.3, -0.25) is 4.79 Å². The lowest BCUT2D eigenvalue weighted by atomic mass is 9.80. The highest BCUT2D eigenvalue weighted by Crippen LogP contribution is 2.30. The Labute approximate surface area is 98.7 Å². The molecule has 0 heterocycles. The first-order valence-electron chi connectivity index (χ1n) is 5.53. The normalized spacial score (nSPS) is 17.2. The maximum atomic E-state index is 11.7. The first kappa shape index (κ1) is 11.7. The number of aliphatic hydroxyl groups is 1. The Hall–Kier alpha value is -1.75. The number of phenolic OH excluding ortho intramolecular Hbond substituents is 2. The predicted octanol–water partition coefficient (Wildman–Crippen LogP) is 0.743. The van der Waals surface area contributed by atoms with Crippen LogP contribution in [0.4, 0.5) is 0 Å². The number of rotatable bonds is 3. The molecule has 2 rings (SSSR count). The minimum Gasteiger partial charge on any atom is -0.504 e. The molecule has 0 aromatic heterocycles. The summed E-state index contributed by atoms with van der Waals surface area (Å²) in [5, 5.41) is 30.8. The summed E-state index contributed by atoms with van der Waals surface area (Å²) < 4.78 is 0. The van der Waals surface area contributed by atoms with E-state index in [1.165, 1.54) is 18.2 Å². The molecule has 0 aliphatic heterocycles. The Morgan fingerprint density at radius 2 is 2.00 bits per heavy atom. The van der Waals surface area contributed by atoms with Crippen molar-refractivity contribution in [2.45, 2.75) is 24.9 Å². The van der Waals surface area contributed by atoms with Gasteiger partial charge >= 0.3 is 0 Å². The average molecular weight is 237 g/mol. The third-order valence-electron chi connectivity index (χ3n) is 3.10. The van der Waals surface area contributed by atoms with Gasteiger partial charge in [-0.25, -0.2) is 0 Å². The fourth-order valence-corrected chi connectivity index (χ4v) is 1.77. The summed E-state index contributed by atoms with van der Waals surface area (Å²) in [5.41, 5.74) is -0.516. The van der Waals surface area contributed by atoms with Crippen molar-refractivity contribution in [3.63, 3.8) is 0 Å². The van der Waals surface area contributed by atoms with Crippen molar-refractivity contribution in [2.75, 3.05) is 6.54 Å². The summed E-state index contributed by atoms with van der Waals surface area (Å²) >= 11 is 0. The third kappa shape index (κ3) is 2.50. The van der Waals surface area contributed by atoms with Gasteiger partial charge in [0.1, 0.15) is 0 Å². The van der Waals surface area contributed by atoms with E-state index in [2.05, 4.69) is 5.32 Å². The monoisotopic (exact) mass is 237 g/mol. The van der Waals surface area contributed by atoms with E-state index in [1.54, 1.807) is 0 Å². The van der Waals surface area contributed by atoms with Crippen LogP contribution in [0.25, 0.3) is 0 Å². The molecule has 1 aliphatic rings. The van der Waals surface area contributed by atoms with Gasteiger partial charge in [0.05, 0.1) is 5.60 Å². The number of hydrogen-bond donors (Lipinski definition) is 4. The molecule has 92 valence electrons. The highest BCUT2D eigenvalue weighted by molar-refractivity contribution is 5.94. The van der Waals surface area contributed by atoms with Gasteiger partial charge in [0.2, 0.25) is 0 Å². The van der Waals surface area contributed by atoms with Crippen molar-refractivity contribution in [1.82, 2.24) is 5.32 Å². The largest absolute Gasteiger partial charge is 0.504 e.